The van der Waals surface area contributed by atoms with E-state index in [2.05, 4.69) is 5.32 Å². The maximum absolute atomic E-state index is 11.5. The summed E-state index contributed by atoms with van der Waals surface area (Å²) in [5, 5.41) is 2.34. The van der Waals surface area contributed by atoms with E-state index in [1.807, 2.05) is 30.3 Å². The minimum absolute atomic E-state index is 0.109. The van der Waals surface area contributed by atoms with Crippen molar-refractivity contribution in [1.82, 2.24) is 5.32 Å². The van der Waals surface area contributed by atoms with E-state index in [1.54, 1.807) is 0 Å². The van der Waals surface area contributed by atoms with Crippen LogP contribution in [0.15, 0.2) is 30.3 Å². The van der Waals surface area contributed by atoms with Gasteiger partial charge in [-0.15, -0.1) is 0 Å². The van der Waals surface area contributed by atoms with Gasteiger partial charge in [-0.2, -0.15) is 0 Å². The van der Waals surface area contributed by atoms with Crippen LogP contribution in [0.4, 0.5) is 4.79 Å². The number of hydrogen-bond donors (Lipinski definition) is 1. The molecule has 0 unspecified atom stereocenters. The molecule has 0 atom stereocenters. The number of nitrogens with one attached hydrogen (secondary N) is 1. The van der Waals surface area contributed by atoms with Crippen molar-refractivity contribution < 1.29 is 19.1 Å². The number of carbonyl (C=O) groups is 3. The molecule has 1 aromatic carbocycles. The van der Waals surface area contributed by atoms with E-state index in [9.17, 15) is 14.4 Å². The molecule has 0 fully saturated rings. The number of rotatable bonds is 5. The van der Waals surface area contributed by atoms with Gasteiger partial charge < -0.3 is 10.1 Å². The summed E-state index contributed by atoms with van der Waals surface area (Å²) in [5.41, 5.74) is -0.414. The molecule has 0 bridgehead atoms. The summed E-state index contributed by atoms with van der Waals surface area (Å²) in [7, 11) is 0. The molecule has 5 heteroatoms. The molecule has 0 aliphatic heterocycles. The lowest BCUT2D eigenvalue weighted by molar-refractivity contribution is -0.133. The highest BCUT2D eigenvalue weighted by molar-refractivity contribution is 6.29. The van der Waals surface area contributed by atoms with Gasteiger partial charge in [0.15, 0.2) is 6.29 Å². The summed E-state index contributed by atoms with van der Waals surface area (Å²) >= 11 is 0. The fourth-order valence-electron chi connectivity index (χ4n) is 1.22. The second-order valence-electron chi connectivity index (χ2n) is 4.29. The van der Waals surface area contributed by atoms with Gasteiger partial charge >= 0.3 is 6.09 Å². The van der Waals surface area contributed by atoms with Crippen LogP contribution in [0.2, 0.25) is 0 Å². The molecule has 0 heterocycles. The fraction of sp³-hybridized carbons (Fsp3) is 0.308. The first-order valence-corrected chi connectivity index (χ1v) is 5.44. The molecule has 0 aliphatic rings. The van der Waals surface area contributed by atoms with Gasteiger partial charge in [0.2, 0.25) is 5.78 Å². The van der Waals surface area contributed by atoms with Crippen molar-refractivity contribution in [3.05, 3.63) is 35.9 Å². The molecule has 18 heavy (non-hydrogen) atoms. The molecule has 0 saturated carbocycles. The van der Waals surface area contributed by atoms with Gasteiger partial charge in [-0.25, -0.2) is 4.79 Å². The van der Waals surface area contributed by atoms with E-state index in [1.165, 1.54) is 13.8 Å². The number of benzene rings is 1. The van der Waals surface area contributed by atoms with Crippen LogP contribution in [0.5, 0.6) is 0 Å². The van der Waals surface area contributed by atoms with E-state index < -0.39 is 17.4 Å². The van der Waals surface area contributed by atoms with E-state index >= 15 is 0 Å². The Morgan fingerprint density at radius 3 is 2.44 bits per heavy atom. The minimum Gasteiger partial charge on any atom is -0.445 e. The van der Waals surface area contributed by atoms with E-state index in [4.69, 9.17) is 4.74 Å². The molecule has 1 aromatic rings. The number of ether oxygens (including phenoxy) is 1. The second-order valence-corrected chi connectivity index (χ2v) is 4.29. The topological polar surface area (TPSA) is 72.5 Å². The smallest absolute Gasteiger partial charge is 0.408 e. The van der Waals surface area contributed by atoms with E-state index in [0.29, 0.717) is 0 Å². The molecule has 96 valence electrons. The number of hydrogen-bond acceptors (Lipinski definition) is 4. The Hall–Kier alpha value is -2.17. The molecular formula is C13H15NO4. The Labute approximate surface area is 105 Å². The highest BCUT2D eigenvalue weighted by Gasteiger charge is 2.29. The first-order chi connectivity index (χ1) is 8.45. The highest BCUT2D eigenvalue weighted by atomic mass is 16.5. The first-order valence-electron chi connectivity index (χ1n) is 5.44. The van der Waals surface area contributed by atoms with Gasteiger partial charge in [0.1, 0.15) is 12.1 Å². The van der Waals surface area contributed by atoms with Crippen molar-refractivity contribution in [3.8, 4) is 0 Å². The fourth-order valence-corrected chi connectivity index (χ4v) is 1.22. The third-order valence-electron chi connectivity index (χ3n) is 2.35. The number of ketones is 1. The van der Waals surface area contributed by atoms with Crippen molar-refractivity contribution in [1.29, 1.82) is 0 Å². The van der Waals surface area contributed by atoms with Crippen LogP contribution in [0.25, 0.3) is 0 Å². The number of aldehydes is 1. The van der Waals surface area contributed by atoms with Gasteiger partial charge in [0, 0.05) is 0 Å². The molecule has 1 amide bonds. The van der Waals surface area contributed by atoms with Gasteiger partial charge in [-0.1, -0.05) is 30.3 Å². The normalized spacial score (nSPS) is 10.6. The monoisotopic (exact) mass is 249 g/mol. The van der Waals surface area contributed by atoms with Crippen molar-refractivity contribution in [2.75, 3.05) is 0 Å². The van der Waals surface area contributed by atoms with Gasteiger partial charge in [0.05, 0.1) is 0 Å². The summed E-state index contributed by atoms with van der Waals surface area (Å²) in [4.78, 5) is 33.0. The zero-order chi connectivity index (χ0) is 13.6. The molecule has 0 spiro atoms. The molecule has 1 rings (SSSR count). The van der Waals surface area contributed by atoms with Crippen molar-refractivity contribution in [2.24, 2.45) is 0 Å². The van der Waals surface area contributed by atoms with Gasteiger partial charge in [-0.05, 0) is 19.4 Å². The second kappa shape index (κ2) is 5.95. The van der Waals surface area contributed by atoms with Crippen LogP contribution in [0, 0.1) is 0 Å². The number of amides is 1. The molecule has 0 aromatic heterocycles. The Kier molecular flexibility index (Phi) is 4.59. The first kappa shape index (κ1) is 13.9. The average molecular weight is 249 g/mol. The number of carbonyl (C=O) groups excluding carboxylic acids is 3. The molecule has 1 N–H and O–H groups in total. The minimum atomic E-state index is -1.25. The number of Topliss-reactive ketones (excluding diaryl/α,β-unsaturated/α-hetero) is 1. The Bertz CT molecular complexity index is 440. The molecule has 5 nitrogen and oxygen atoms in total. The van der Waals surface area contributed by atoms with Crippen molar-refractivity contribution in [3.63, 3.8) is 0 Å². The Morgan fingerprint density at radius 1 is 1.28 bits per heavy atom. The Balaban J connectivity index is 2.47. The summed E-state index contributed by atoms with van der Waals surface area (Å²) in [6.45, 7) is 2.99. The lowest BCUT2D eigenvalue weighted by Crippen LogP contribution is -2.50. The summed E-state index contributed by atoms with van der Waals surface area (Å²) in [5.74, 6) is -0.709. The van der Waals surface area contributed by atoms with Crippen molar-refractivity contribution >= 4 is 18.2 Å². The predicted octanol–water partition coefficient (Wildman–Crippen LogP) is 1.46. The van der Waals surface area contributed by atoms with Gasteiger partial charge in [0.25, 0.3) is 0 Å². The van der Waals surface area contributed by atoms with E-state index in [0.717, 1.165) is 5.56 Å². The molecule has 0 radical (unpaired) electrons. The maximum atomic E-state index is 11.5. The molecule has 0 aliphatic carbocycles. The lowest BCUT2D eigenvalue weighted by atomic mass is 10.0. The van der Waals surface area contributed by atoms with Gasteiger partial charge in [-0.3, -0.25) is 9.59 Å². The van der Waals surface area contributed by atoms with Crippen LogP contribution in [-0.2, 0) is 20.9 Å². The average Bonchev–Trinajstić information content (AvgIpc) is 2.36. The van der Waals surface area contributed by atoms with Crippen LogP contribution in [0.3, 0.4) is 0 Å². The highest BCUT2D eigenvalue weighted by Crippen LogP contribution is 2.05. The summed E-state index contributed by atoms with van der Waals surface area (Å²) in [6.07, 6.45) is -0.559. The van der Waals surface area contributed by atoms with Crippen LogP contribution in [0.1, 0.15) is 19.4 Å². The van der Waals surface area contributed by atoms with Crippen LogP contribution < -0.4 is 5.32 Å². The third kappa shape index (κ3) is 4.01. The van der Waals surface area contributed by atoms with Crippen molar-refractivity contribution in [2.45, 2.75) is 26.0 Å². The standard InChI is InChI=1S/C13H15NO4/c1-13(2,11(16)8-15)14-12(17)18-9-10-6-4-3-5-7-10/h3-8H,9H2,1-2H3,(H,14,17). The number of alkyl carbamates (subject to hydrolysis) is 1. The quantitative estimate of drug-likeness (QED) is 0.633. The third-order valence-corrected chi connectivity index (χ3v) is 2.35. The zero-order valence-corrected chi connectivity index (χ0v) is 10.3. The SMILES string of the molecule is CC(C)(NC(=O)OCc1ccccc1)C(=O)C=O. The molecule has 0 saturated heterocycles. The van der Waals surface area contributed by atoms with Crippen LogP contribution in [-0.4, -0.2) is 23.7 Å². The Morgan fingerprint density at radius 2 is 1.89 bits per heavy atom. The summed E-state index contributed by atoms with van der Waals surface area (Å²) in [6, 6.07) is 9.15. The van der Waals surface area contributed by atoms with Crippen LogP contribution >= 0.6 is 0 Å². The zero-order valence-electron chi connectivity index (χ0n) is 10.3. The molecular weight excluding hydrogens is 234 g/mol. The predicted molar refractivity (Wildman–Crippen MR) is 64.9 cm³/mol. The lowest BCUT2D eigenvalue weighted by Gasteiger charge is -2.21. The maximum Gasteiger partial charge on any atom is 0.408 e. The summed E-state index contributed by atoms with van der Waals surface area (Å²) < 4.78 is 4.94. The van der Waals surface area contributed by atoms with E-state index in [-0.39, 0.29) is 12.9 Å². The largest absolute Gasteiger partial charge is 0.445 e.